The Hall–Kier alpha value is -2.20. The van der Waals surface area contributed by atoms with Gasteiger partial charge in [0.1, 0.15) is 5.82 Å². The lowest BCUT2D eigenvalue weighted by atomic mass is 10.2. The first-order valence-electron chi connectivity index (χ1n) is 6.74. The molecule has 0 fully saturated rings. The van der Waals surface area contributed by atoms with Crippen molar-refractivity contribution in [2.75, 3.05) is 0 Å². The minimum atomic E-state index is -0.154. The van der Waals surface area contributed by atoms with Crippen LogP contribution in [-0.2, 0) is 6.42 Å². The van der Waals surface area contributed by atoms with Crippen LogP contribution in [0.3, 0.4) is 0 Å². The summed E-state index contributed by atoms with van der Waals surface area (Å²) in [6, 6.07) is 7.19. The first-order valence-corrected chi connectivity index (χ1v) is 7.12. The molecule has 0 aliphatic heterocycles. The molecule has 3 rings (SSSR count). The van der Waals surface area contributed by atoms with Crippen LogP contribution in [0.2, 0.25) is 5.02 Å². The predicted octanol–water partition coefficient (Wildman–Crippen LogP) is 3.30. The van der Waals surface area contributed by atoms with E-state index in [2.05, 4.69) is 9.97 Å². The SMILES string of the molecule is CCc1nc2cccc(Cl)c2c(=O)n1-c1cnccc1C. The molecule has 0 amide bonds. The molecule has 5 heteroatoms. The fourth-order valence-corrected chi connectivity index (χ4v) is 2.66. The van der Waals surface area contributed by atoms with Gasteiger partial charge in [0.25, 0.3) is 5.56 Å². The van der Waals surface area contributed by atoms with Crippen molar-refractivity contribution >= 4 is 22.5 Å². The number of benzene rings is 1. The second-order valence-electron chi connectivity index (χ2n) is 4.82. The van der Waals surface area contributed by atoms with E-state index in [1.165, 1.54) is 0 Å². The van der Waals surface area contributed by atoms with E-state index in [1.807, 2.05) is 26.0 Å². The molecule has 0 bridgehead atoms. The molecule has 3 aromatic rings. The molecule has 0 N–H and O–H groups in total. The molecule has 0 spiro atoms. The highest BCUT2D eigenvalue weighted by Gasteiger charge is 2.15. The summed E-state index contributed by atoms with van der Waals surface area (Å²) in [4.78, 5) is 21.6. The Morgan fingerprint density at radius 2 is 2.10 bits per heavy atom. The summed E-state index contributed by atoms with van der Waals surface area (Å²) < 4.78 is 1.61. The molecule has 2 aromatic heterocycles. The number of fused-ring (bicyclic) bond motifs is 1. The van der Waals surface area contributed by atoms with Gasteiger partial charge < -0.3 is 0 Å². The molecular formula is C16H14ClN3O. The zero-order valence-electron chi connectivity index (χ0n) is 11.8. The third-order valence-corrected chi connectivity index (χ3v) is 3.80. The van der Waals surface area contributed by atoms with Crippen molar-refractivity contribution in [3.63, 3.8) is 0 Å². The fraction of sp³-hybridized carbons (Fsp3) is 0.188. The summed E-state index contributed by atoms with van der Waals surface area (Å²) in [7, 11) is 0. The molecule has 0 saturated heterocycles. The second-order valence-corrected chi connectivity index (χ2v) is 5.23. The number of hydrogen-bond acceptors (Lipinski definition) is 3. The fourth-order valence-electron chi connectivity index (χ4n) is 2.41. The summed E-state index contributed by atoms with van der Waals surface area (Å²) in [6.07, 6.45) is 4.03. The van der Waals surface area contributed by atoms with Crippen molar-refractivity contribution in [3.8, 4) is 5.69 Å². The third kappa shape index (κ3) is 2.21. The molecule has 0 aliphatic rings. The summed E-state index contributed by atoms with van der Waals surface area (Å²) in [6.45, 7) is 3.92. The van der Waals surface area contributed by atoms with E-state index in [0.29, 0.717) is 28.2 Å². The van der Waals surface area contributed by atoms with E-state index in [9.17, 15) is 4.79 Å². The monoisotopic (exact) mass is 299 g/mol. The van der Waals surface area contributed by atoms with Gasteiger partial charge in [0.2, 0.25) is 0 Å². The first kappa shape index (κ1) is 13.8. The lowest BCUT2D eigenvalue weighted by Gasteiger charge is -2.14. The Balaban J connectivity index is 2.48. The number of aryl methyl sites for hydroxylation is 2. The number of nitrogens with zero attached hydrogens (tertiary/aromatic N) is 3. The summed E-state index contributed by atoms with van der Waals surface area (Å²) in [5.41, 5.74) is 2.18. The van der Waals surface area contributed by atoms with Crippen LogP contribution in [-0.4, -0.2) is 14.5 Å². The van der Waals surface area contributed by atoms with Gasteiger partial charge in [-0.15, -0.1) is 0 Å². The van der Waals surface area contributed by atoms with Gasteiger partial charge in [-0.2, -0.15) is 0 Å². The Labute approximate surface area is 127 Å². The average Bonchev–Trinajstić information content (AvgIpc) is 2.48. The lowest BCUT2D eigenvalue weighted by molar-refractivity contribution is 0.825. The molecule has 4 nitrogen and oxygen atoms in total. The smallest absolute Gasteiger partial charge is 0.267 e. The zero-order chi connectivity index (χ0) is 15.0. The van der Waals surface area contributed by atoms with E-state index in [1.54, 1.807) is 29.1 Å². The van der Waals surface area contributed by atoms with E-state index in [-0.39, 0.29) is 5.56 Å². The molecule has 0 radical (unpaired) electrons. The number of halogens is 1. The standard InChI is InChI=1S/C16H14ClN3O/c1-3-14-19-12-6-4-5-11(17)15(12)16(21)20(14)13-9-18-8-7-10(13)2/h4-9H,3H2,1-2H3. The van der Waals surface area contributed by atoms with E-state index >= 15 is 0 Å². The molecule has 106 valence electrons. The van der Waals surface area contributed by atoms with Crippen molar-refractivity contribution in [1.29, 1.82) is 0 Å². The lowest BCUT2D eigenvalue weighted by Crippen LogP contribution is -2.24. The first-order chi connectivity index (χ1) is 10.1. The van der Waals surface area contributed by atoms with Gasteiger partial charge in [0.05, 0.1) is 27.8 Å². The van der Waals surface area contributed by atoms with Crippen LogP contribution in [0.15, 0.2) is 41.5 Å². The van der Waals surface area contributed by atoms with Crippen LogP contribution in [0.4, 0.5) is 0 Å². The van der Waals surface area contributed by atoms with Crippen molar-refractivity contribution in [2.45, 2.75) is 20.3 Å². The molecule has 2 heterocycles. The predicted molar refractivity (Wildman–Crippen MR) is 84.3 cm³/mol. The number of hydrogen-bond donors (Lipinski definition) is 0. The van der Waals surface area contributed by atoms with Crippen molar-refractivity contribution in [1.82, 2.24) is 14.5 Å². The third-order valence-electron chi connectivity index (χ3n) is 3.48. The van der Waals surface area contributed by atoms with Crippen LogP contribution in [0.5, 0.6) is 0 Å². The molecule has 21 heavy (non-hydrogen) atoms. The average molecular weight is 300 g/mol. The topological polar surface area (TPSA) is 47.8 Å². The van der Waals surface area contributed by atoms with Crippen molar-refractivity contribution < 1.29 is 0 Å². The zero-order valence-corrected chi connectivity index (χ0v) is 12.6. The largest absolute Gasteiger partial charge is 0.268 e. The molecule has 0 aliphatic carbocycles. The van der Waals surface area contributed by atoms with Crippen molar-refractivity contribution in [2.24, 2.45) is 0 Å². The minimum absolute atomic E-state index is 0.154. The van der Waals surface area contributed by atoms with E-state index < -0.39 is 0 Å². The molecular weight excluding hydrogens is 286 g/mol. The van der Waals surface area contributed by atoms with Crippen LogP contribution in [0.1, 0.15) is 18.3 Å². The molecule has 0 unspecified atom stereocenters. The Kier molecular flexibility index (Phi) is 3.47. The highest BCUT2D eigenvalue weighted by atomic mass is 35.5. The van der Waals surface area contributed by atoms with Crippen LogP contribution in [0, 0.1) is 6.92 Å². The van der Waals surface area contributed by atoms with E-state index in [0.717, 1.165) is 11.3 Å². The second kappa shape index (κ2) is 5.30. The highest BCUT2D eigenvalue weighted by molar-refractivity contribution is 6.35. The molecule has 0 atom stereocenters. The van der Waals surface area contributed by atoms with Crippen LogP contribution < -0.4 is 5.56 Å². The summed E-state index contributed by atoms with van der Waals surface area (Å²) in [5.74, 6) is 0.700. The maximum atomic E-state index is 12.9. The van der Waals surface area contributed by atoms with Gasteiger partial charge in [0.15, 0.2) is 0 Å². The summed E-state index contributed by atoms with van der Waals surface area (Å²) >= 11 is 6.19. The quantitative estimate of drug-likeness (QED) is 0.729. The minimum Gasteiger partial charge on any atom is -0.268 e. The normalized spacial score (nSPS) is 11.0. The number of pyridine rings is 1. The highest BCUT2D eigenvalue weighted by Crippen LogP contribution is 2.21. The van der Waals surface area contributed by atoms with Crippen LogP contribution in [0.25, 0.3) is 16.6 Å². The van der Waals surface area contributed by atoms with Crippen LogP contribution >= 0.6 is 11.6 Å². The van der Waals surface area contributed by atoms with Gasteiger partial charge in [-0.3, -0.25) is 14.3 Å². The van der Waals surface area contributed by atoms with Gasteiger partial charge in [-0.1, -0.05) is 24.6 Å². The summed E-state index contributed by atoms with van der Waals surface area (Å²) in [5, 5.41) is 0.863. The number of rotatable bonds is 2. The Morgan fingerprint density at radius 1 is 1.29 bits per heavy atom. The van der Waals surface area contributed by atoms with E-state index in [4.69, 9.17) is 11.6 Å². The van der Waals surface area contributed by atoms with Crippen molar-refractivity contribution in [3.05, 3.63) is 63.4 Å². The van der Waals surface area contributed by atoms with Gasteiger partial charge in [-0.25, -0.2) is 4.98 Å². The molecule has 1 aromatic carbocycles. The van der Waals surface area contributed by atoms with Gasteiger partial charge in [0, 0.05) is 12.6 Å². The maximum Gasteiger partial charge on any atom is 0.267 e. The maximum absolute atomic E-state index is 12.9. The Morgan fingerprint density at radius 3 is 2.81 bits per heavy atom. The number of aromatic nitrogens is 3. The molecule has 0 saturated carbocycles. The van der Waals surface area contributed by atoms with Gasteiger partial charge in [-0.05, 0) is 30.7 Å². The van der Waals surface area contributed by atoms with Gasteiger partial charge >= 0.3 is 0 Å². The Bertz CT molecular complexity index is 886.